The molecule has 4 N–H and O–H groups in total. The van der Waals surface area contributed by atoms with Gasteiger partial charge in [0.2, 0.25) is 0 Å². The number of aliphatic carboxylic acids is 1. The zero-order valence-electron chi connectivity index (χ0n) is 16.0. The number of Topliss-reactive ketones (excluding diaryl/α,β-unsaturated/α-hetero) is 1. The van der Waals surface area contributed by atoms with Gasteiger partial charge in [-0.05, 0) is 24.3 Å². The largest absolute Gasteiger partial charge is 0.480 e. The highest BCUT2D eigenvalue weighted by Crippen LogP contribution is 2.31. The number of carboxylic acid groups (broad SMARTS) is 1. The average Bonchev–Trinajstić information content (AvgIpc) is 2.58. The number of rotatable bonds is 10. The molecule has 0 aromatic heterocycles. The van der Waals surface area contributed by atoms with Crippen molar-refractivity contribution in [1.29, 1.82) is 0 Å². The van der Waals surface area contributed by atoms with Gasteiger partial charge in [-0.25, -0.2) is 4.79 Å². The van der Waals surface area contributed by atoms with E-state index in [1.165, 1.54) is 13.8 Å². The molecule has 0 amide bonds. The van der Waals surface area contributed by atoms with Crippen LogP contribution < -0.4 is 11.1 Å². The fourth-order valence-electron chi connectivity index (χ4n) is 2.72. The minimum absolute atomic E-state index is 0.0660. The summed E-state index contributed by atoms with van der Waals surface area (Å²) in [5, 5.41) is 34.4. The Morgan fingerprint density at radius 3 is 2.14 bits per heavy atom. The van der Waals surface area contributed by atoms with Gasteiger partial charge in [0.15, 0.2) is 11.3 Å². The quantitative estimate of drug-likeness (QED) is 0.304. The molecule has 28 heavy (non-hydrogen) atoms. The van der Waals surface area contributed by atoms with Gasteiger partial charge < -0.3 is 16.2 Å². The van der Waals surface area contributed by atoms with Gasteiger partial charge in [-0.15, -0.1) is 0 Å². The first-order valence-corrected chi connectivity index (χ1v) is 8.58. The zero-order valence-corrected chi connectivity index (χ0v) is 16.0. The maximum Gasteiger partial charge on any atom is 0.331 e. The van der Waals surface area contributed by atoms with Crippen molar-refractivity contribution in [3.8, 4) is 0 Å². The van der Waals surface area contributed by atoms with E-state index in [0.29, 0.717) is 0 Å². The predicted octanol–water partition coefficient (Wildman–Crippen LogP) is 2.34. The van der Waals surface area contributed by atoms with Crippen molar-refractivity contribution in [2.24, 2.45) is 17.6 Å². The molecule has 0 fully saturated rings. The van der Waals surface area contributed by atoms with Crippen molar-refractivity contribution in [2.45, 2.75) is 45.7 Å². The fourth-order valence-corrected chi connectivity index (χ4v) is 2.72. The number of carbonyl (C=O) groups excluding carboxylic acids is 1. The number of non-ortho nitro benzene ring substituents is 1. The van der Waals surface area contributed by atoms with E-state index in [1.54, 1.807) is 13.8 Å². The number of nitrogens with one attached hydrogen (secondary N) is 1. The molecule has 0 aliphatic heterocycles. The van der Waals surface area contributed by atoms with Crippen LogP contribution in [0.2, 0.25) is 0 Å². The van der Waals surface area contributed by atoms with Crippen LogP contribution in [-0.2, 0) is 9.59 Å². The first-order chi connectivity index (χ1) is 12.8. The SMILES string of the molecule is CC(C)C[C@H](Nc1ccc([N+](=O)[O-])cc1[N+](=O)[O-])C(=O)[C@@](N)(C(=O)O)C(C)C. The smallest absolute Gasteiger partial charge is 0.331 e. The Morgan fingerprint density at radius 1 is 1.18 bits per heavy atom. The Labute approximate surface area is 161 Å². The Kier molecular flexibility index (Phi) is 7.17. The van der Waals surface area contributed by atoms with Crippen LogP contribution in [0, 0.1) is 32.1 Å². The molecule has 0 saturated heterocycles. The molecular weight excluding hydrogens is 372 g/mol. The van der Waals surface area contributed by atoms with Crippen molar-refractivity contribution in [2.75, 3.05) is 5.32 Å². The fraction of sp³-hybridized carbons (Fsp3) is 0.529. The van der Waals surface area contributed by atoms with Crippen molar-refractivity contribution < 1.29 is 24.5 Å². The summed E-state index contributed by atoms with van der Waals surface area (Å²) in [6.07, 6.45) is 0.159. The third-order valence-corrected chi connectivity index (χ3v) is 4.41. The van der Waals surface area contributed by atoms with Crippen LogP contribution in [0.3, 0.4) is 0 Å². The number of nitro benzene ring substituents is 2. The van der Waals surface area contributed by atoms with E-state index in [0.717, 1.165) is 18.2 Å². The lowest BCUT2D eigenvalue weighted by Crippen LogP contribution is -2.63. The Bertz CT molecular complexity index is 794. The molecule has 1 aromatic rings. The average molecular weight is 396 g/mol. The van der Waals surface area contributed by atoms with E-state index in [9.17, 15) is 34.9 Å². The molecular formula is C17H24N4O7. The highest BCUT2D eigenvalue weighted by Gasteiger charge is 2.48. The summed E-state index contributed by atoms with van der Waals surface area (Å²) in [4.78, 5) is 45.3. The maximum absolute atomic E-state index is 13.0. The van der Waals surface area contributed by atoms with Crippen LogP contribution in [0.4, 0.5) is 17.1 Å². The van der Waals surface area contributed by atoms with Gasteiger partial charge in [-0.3, -0.25) is 25.0 Å². The first kappa shape index (κ1) is 23.0. The number of nitro groups is 2. The van der Waals surface area contributed by atoms with Gasteiger partial charge in [0, 0.05) is 6.07 Å². The Hall–Kier alpha value is -3.08. The summed E-state index contributed by atoms with van der Waals surface area (Å²) in [5.41, 5.74) is 2.50. The number of anilines is 1. The van der Waals surface area contributed by atoms with Crippen molar-refractivity contribution >= 4 is 28.8 Å². The van der Waals surface area contributed by atoms with Gasteiger partial charge in [0.25, 0.3) is 11.4 Å². The number of nitrogens with zero attached hydrogens (tertiary/aromatic N) is 2. The summed E-state index contributed by atoms with van der Waals surface area (Å²) in [5.74, 6) is -3.12. The number of nitrogens with two attached hydrogens (primary N) is 1. The normalized spacial score (nSPS) is 14.4. The predicted molar refractivity (Wildman–Crippen MR) is 101 cm³/mol. The summed E-state index contributed by atoms with van der Waals surface area (Å²) >= 11 is 0. The molecule has 0 saturated carbocycles. The van der Waals surface area contributed by atoms with E-state index in [2.05, 4.69) is 5.32 Å². The molecule has 2 atom stereocenters. The summed E-state index contributed by atoms with van der Waals surface area (Å²) < 4.78 is 0. The summed E-state index contributed by atoms with van der Waals surface area (Å²) in [7, 11) is 0. The molecule has 11 heteroatoms. The molecule has 0 aliphatic rings. The molecule has 0 aliphatic carbocycles. The molecule has 0 spiro atoms. The molecule has 1 aromatic carbocycles. The van der Waals surface area contributed by atoms with E-state index in [4.69, 9.17) is 5.73 Å². The van der Waals surface area contributed by atoms with E-state index in [-0.39, 0.29) is 18.0 Å². The van der Waals surface area contributed by atoms with Crippen LogP contribution >= 0.6 is 0 Å². The third kappa shape index (κ3) is 4.80. The first-order valence-electron chi connectivity index (χ1n) is 8.58. The molecule has 0 radical (unpaired) electrons. The molecule has 0 heterocycles. The molecule has 1 rings (SSSR count). The maximum atomic E-state index is 13.0. The molecule has 154 valence electrons. The van der Waals surface area contributed by atoms with Crippen molar-refractivity contribution in [3.63, 3.8) is 0 Å². The number of hydrogen-bond acceptors (Lipinski definition) is 8. The van der Waals surface area contributed by atoms with Gasteiger partial charge in [0.05, 0.1) is 22.0 Å². The second kappa shape index (κ2) is 8.74. The Balaban J connectivity index is 3.41. The van der Waals surface area contributed by atoms with Crippen molar-refractivity contribution in [1.82, 2.24) is 0 Å². The standard InChI is InChI=1S/C17H24N4O7/c1-9(2)7-13(15(22)17(18,10(3)4)16(23)24)19-12-6-5-11(20(25)26)8-14(12)21(27)28/h5-6,8-10,13,19H,7,18H2,1-4H3,(H,23,24)/t13-,17+/m0/s1. The highest BCUT2D eigenvalue weighted by atomic mass is 16.6. The second-order valence-electron chi connectivity index (χ2n) is 7.24. The van der Waals surface area contributed by atoms with E-state index >= 15 is 0 Å². The number of carbonyl (C=O) groups is 2. The van der Waals surface area contributed by atoms with Gasteiger partial charge >= 0.3 is 5.97 Å². The van der Waals surface area contributed by atoms with E-state index in [1.807, 2.05) is 0 Å². The van der Waals surface area contributed by atoms with E-state index < -0.39 is 50.5 Å². The number of ketones is 1. The summed E-state index contributed by atoms with van der Waals surface area (Å²) in [6, 6.07) is 1.81. The lowest BCUT2D eigenvalue weighted by molar-refractivity contribution is -0.393. The van der Waals surface area contributed by atoms with Crippen LogP contribution in [0.15, 0.2) is 18.2 Å². The number of carboxylic acids is 1. The molecule has 11 nitrogen and oxygen atoms in total. The third-order valence-electron chi connectivity index (χ3n) is 4.41. The second-order valence-corrected chi connectivity index (χ2v) is 7.24. The lowest BCUT2D eigenvalue weighted by Gasteiger charge is -2.32. The number of hydrogen-bond donors (Lipinski definition) is 3. The lowest BCUT2D eigenvalue weighted by atomic mass is 9.78. The molecule has 0 bridgehead atoms. The summed E-state index contributed by atoms with van der Waals surface area (Å²) in [6.45, 7) is 6.57. The molecule has 0 unspecified atom stereocenters. The topological polar surface area (TPSA) is 179 Å². The Morgan fingerprint density at radius 2 is 1.75 bits per heavy atom. The monoisotopic (exact) mass is 396 g/mol. The highest BCUT2D eigenvalue weighted by molar-refractivity contribution is 6.11. The van der Waals surface area contributed by atoms with Crippen LogP contribution in [0.5, 0.6) is 0 Å². The minimum atomic E-state index is -2.19. The van der Waals surface area contributed by atoms with Gasteiger partial charge in [-0.2, -0.15) is 0 Å². The van der Waals surface area contributed by atoms with Gasteiger partial charge in [0.1, 0.15) is 5.69 Å². The van der Waals surface area contributed by atoms with Crippen LogP contribution in [-0.4, -0.2) is 38.3 Å². The zero-order chi connectivity index (χ0) is 21.8. The number of benzene rings is 1. The van der Waals surface area contributed by atoms with Crippen molar-refractivity contribution in [3.05, 3.63) is 38.4 Å². The van der Waals surface area contributed by atoms with Crippen LogP contribution in [0.1, 0.15) is 34.1 Å². The van der Waals surface area contributed by atoms with Crippen LogP contribution in [0.25, 0.3) is 0 Å². The van der Waals surface area contributed by atoms with Gasteiger partial charge in [-0.1, -0.05) is 27.7 Å². The minimum Gasteiger partial charge on any atom is -0.480 e.